The third kappa shape index (κ3) is 5.18. The van der Waals surface area contributed by atoms with E-state index in [4.69, 9.17) is 10.8 Å². The summed E-state index contributed by atoms with van der Waals surface area (Å²) in [5, 5.41) is 21.1. The first-order valence-corrected chi connectivity index (χ1v) is 9.30. The van der Waals surface area contributed by atoms with Crippen LogP contribution in [0.4, 0.5) is 11.4 Å². The van der Waals surface area contributed by atoms with Gasteiger partial charge in [-0.3, -0.25) is 9.59 Å². The van der Waals surface area contributed by atoms with Gasteiger partial charge in [-0.05, 0) is 54.8 Å². The Morgan fingerprint density at radius 3 is 2.38 bits per heavy atom. The zero-order valence-corrected chi connectivity index (χ0v) is 15.7. The summed E-state index contributed by atoms with van der Waals surface area (Å²) in [6.07, 6.45) is 0.410. The third-order valence-electron chi connectivity index (χ3n) is 4.84. The maximum atomic E-state index is 12.3. The lowest BCUT2D eigenvalue weighted by Crippen LogP contribution is -2.40. The van der Waals surface area contributed by atoms with E-state index in [-0.39, 0.29) is 23.8 Å². The number of nitrogens with zero attached hydrogens (tertiary/aromatic N) is 1. The summed E-state index contributed by atoms with van der Waals surface area (Å²) in [5.41, 5.74) is 8.20. The lowest BCUT2D eigenvalue weighted by molar-refractivity contribution is -0.122. The van der Waals surface area contributed by atoms with Crippen LogP contribution in [0.5, 0.6) is 0 Å². The van der Waals surface area contributed by atoms with Gasteiger partial charge in [0.2, 0.25) is 11.8 Å². The van der Waals surface area contributed by atoms with Crippen molar-refractivity contribution < 1.29 is 24.6 Å². The van der Waals surface area contributed by atoms with E-state index in [0.29, 0.717) is 25.1 Å². The number of carbonyl (C=O) groups excluding carboxylic acids is 2. The molecule has 2 unspecified atom stereocenters. The second-order valence-electron chi connectivity index (χ2n) is 7.04. The van der Waals surface area contributed by atoms with Crippen molar-refractivity contribution in [1.29, 1.82) is 0 Å². The molecule has 152 valence electrons. The number of hydrogen-bond acceptors (Lipinski definition) is 5. The van der Waals surface area contributed by atoms with Crippen LogP contribution in [0.15, 0.2) is 48.5 Å². The molecule has 0 radical (unpaired) electrons. The Balaban J connectivity index is 1.57. The van der Waals surface area contributed by atoms with Gasteiger partial charge in [0, 0.05) is 17.9 Å². The second kappa shape index (κ2) is 8.85. The standard InChI is InChI=1S/C21H23N3O5/c22-18(20(27)23-15-5-3-14(4-6-15)21(28)29)11-13-1-7-16(8-2-13)24-10-9-17(25)12-19(24)26/h1-8,17-18,25H,9-12,22H2,(H,23,27)(H,28,29). The van der Waals surface area contributed by atoms with Crippen LogP contribution < -0.4 is 16.0 Å². The number of aliphatic hydroxyl groups excluding tert-OH is 1. The van der Waals surface area contributed by atoms with Gasteiger partial charge >= 0.3 is 5.97 Å². The fourth-order valence-corrected chi connectivity index (χ4v) is 3.18. The van der Waals surface area contributed by atoms with E-state index in [1.54, 1.807) is 17.0 Å². The molecule has 29 heavy (non-hydrogen) atoms. The van der Waals surface area contributed by atoms with E-state index in [2.05, 4.69) is 5.32 Å². The molecule has 8 nitrogen and oxygen atoms in total. The Bertz CT molecular complexity index is 896. The molecule has 0 aliphatic carbocycles. The van der Waals surface area contributed by atoms with Crippen LogP contribution in [0.3, 0.4) is 0 Å². The number of piperidine rings is 1. The van der Waals surface area contributed by atoms with Crippen LogP contribution in [-0.2, 0) is 16.0 Å². The van der Waals surface area contributed by atoms with Gasteiger partial charge in [0.1, 0.15) is 0 Å². The summed E-state index contributed by atoms with van der Waals surface area (Å²) in [5.74, 6) is -1.52. The monoisotopic (exact) mass is 397 g/mol. The highest BCUT2D eigenvalue weighted by Gasteiger charge is 2.25. The van der Waals surface area contributed by atoms with E-state index < -0.39 is 18.1 Å². The molecule has 2 aromatic carbocycles. The SMILES string of the molecule is NC(Cc1ccc(N2CCC(O)CC2=O)cc1)C(=O)Nc1ccc(C(=O)O)cc1. The van der Waals surface area contributed by atoms with Crippen LogP contribution >= 0.6 is 0 Å². The van der Waals surface area contributed by atoms with Gasteiger partial charge in [-0.15, -0.1) is 0 Å². The lowest BCUT2D eigenvalue weighted by atomic mass is 10.0. The molecule has 1 aliphatic heterocycles. The number of nitrogens with one attached hydrogen (secondary N) is 1. The van der Waals surface area contributed by atoms with E-state index in [1.165, 1.54) is 24.3 Å². The molecule has 0 saturated carbocycles. The number of aliphatic hydroxyl groups is 1. The third-order valence-corrected chi connectivity index (χ3v) is 4.84. The van der Waals surface area contributed by atoms with Crippen molar-refractivity contribution in [1.82, 2.24) is 0 Å². The van der Waals surface area contributed by atoms with Crippen LogP contribution in [-0.4, -0.2) is 46.7 Å². The minimum Gasteiger partial charge on any atom is -0.478 e. The number of anilines is 2. The molecule has 1 fully saturated rings. The van der Waals surface area contributed by atoms with Crippen LogP contribution in [0.25, 0.3) is 0 Å². The summed E-state index contributed by atoms with van der Waals surface area (Å²) in [4.78, 5) is 36.8. The first-order chi connectivity index (χ1) is 13.8. The molecule has 0 spiro atoms. The van der Waals surface area contributed by atoms with Crippen molar-refractivity contribution in [2.24, 2.45) is 5.73 Å². The van der Waals surface area contributed by atoms with Gasteiger partial charge in [0.05, 0.1) is 24.1 Å². The smallest absolute Gasteiger partial charge is 0.335 e. The van der Waals surface area contributed by atoms with Gasteiger partial charge < -0.3 is 26.2 Å². The molecule has 0 bridgehead atoms. The molecule has 2 amide bonds. The van der Waals surface area contributed by atoms with Crippen molar-refractivity contribution >= 4 is 29.2 Å². The van der Waals surface area contributed by atoms with Gasteiger partial charge in [-0.25, -0.2) is 4.79 Å². The minimum absolute atomic E-state index is 0.110. The lowest BCUT2D eigenvalue weighted by Gasteiger charge is -2.29. The van der Waals surface area contributed by atoms with Crippen LogP contribution in [0.2, 0.25) is 0 Å². The molecule has 1 heterocycles. The summed E-state index contributed by atoms with van der Waals surface area (Å²) in [6, 6.07) is 12.3. The van der Waals surface area contributed by atoms with Crippen molar-refractivity contribution in [3.63, 3.8) is 0 Å². The highest BCUT2D eigenvalue weighted by molar-refractivity contribution is 5.96. The molecule has 1 aliphatic rings. The quantitative estimate of drug-likeness (QED) is 0.582. The molecular formula is C21H23N3O5. The summed E-state index contributed by atoms with van der Waals surface area (Å²) in [6.45, 7) is 0.474. The average Bonchev–Trinajstić information content (AvgIpc) is 2.69. The van der Waals surface area contributed by atoms with E-state index in [9.17, 15) is 19.5 Å². The van der Waals surface area contributed by atoms with Crippen molar-refractivity contribution in [2.45, 2.75) is 31.4 Å². The number of aromatic carboxylic acids is 1. The Hall–Kier alpha value is -3.23. The molecule has 0 aromatic heterocycles. The highest BCUT2D eigenvalue weighted by Crippen LogP contribution is 2.22. The number of rotatable bonds is 6. The first kappa shape index (κ1) is 20.5. The van der Waals surface area contributed by atoms with Crippen molar-refractivity contribution in [3.8, 4) is 0 Å². The van der Waals surface area contributed by atoms with E-state index in [0.717, 1.165) is 11.3 Å². The first-order valence-electron chi connectivity index (χ1n) is 9.30. The van der Waals surface area contributed by atoms with Crippen molar-refractivity contribution in [2.75, 3.05) is 16.8 Å². The zero-order valence-electron chi connectivity index (χ0n) is 15.7. The highest BCUT2D eigenvalue weighted by atomic mass is 16.4. The van der Waals surface area contributed by atoms with E-state index in [1.807, 2.05) is 12.1 Å². The number of carboxylic acid groups (broad SMARTS) is 1. The number of nitrogens with two attached hydrogens (primary N) is 1. The number of carbonyl (C=O) groups is 3. The summed E-state index contributed by atoms with van der Waals surface area (Å²) < 4.78 is 0. The van der Waals surface area contributed by atoms with Gasteiger partial charge in [0.15, 0.2) is 0 Å². The topological polar surface area (TPSA) is 133 Å². The second-order valence-corrected chi connectivity index (χ2v) is 7.04. The largest absolute Gasteiger partial charge is 0.478 e. The van der Waals surface area contributed by atoms with E-state index >= 15 is 0 Å². The van der Waals surface area contributed by atoms with Gasteiger partial charge in [0.25, 0.3) is 0 Å². The molecule has 2 aromatic rings. The minimum atomic E-state index is -1.04. The molecular weight excluding hydrogens is 374 g/mol. The summed E-state index contributed by atoms with van der Waals surface area (Å²) in [7, 11) is 0. The fourth-order valence-electron chi connectivity index (χ4n) is 3.18. The maximum absolute atomic E-state index is 12.3. The predicted octanol–water partition coefficient (Wildman–Crippen LogP) is 1.38. The molecule has 8 heteroatoms. The molecule has 2 atom stereocenters. The fraction of sp³-hybridized carbons (Fsp3) is 0.286. The Morgan fingerprint density at radius 1 is 1.14 bits per heavy atom. The maximum Gasteiger partial charge on any atom is 0.335 e. The Labute approximate surface area is 167 Å². The number of hydrogen-bond donors (Lipinski definition) is 4. The Kier molecular flexibility index (Phi) is 6.26. The van der Waals surface area contributed by atoms with Crippen molar-refractivity contribution in [3.05, 3.63) is 59.7 Å². The summed E-state index contributed by atoms with van der Waals surface area (Å²) >= 11 is 0. The molecule has 5 N–H and O–H groups in total. The average molecular weight is 397 g/mol. The normalized spacial score (nSPS) is 17.7. The Morgan fingerprint density at radius 2 is 1.79 bits per heavy atom. The molecule has 1 saturated heterocycles. The predicted molar refractivity (Wildman–Crippen MR) is 108 cm³/mol. The number of benzene rings is 2. The number of carboxylic acids is 1. The number of amides is 2. The van der Waals surface area contributed by atoms with Crippen LogP contribution in [0, 0.1) is 0 Å². The van der Waals surface area contributed by atoms with Crippen LogP contribution in [0.1, 0.15) is 28.8 Å². The zero-order chi connectivity index (χ0) is 21.0. The molecule has 3 rings (SSSR count). The van der Waals surface area contributed by atoms with Gasteiger partial charge in [-0.2, -0.15) is 0 Å². The van der Waals surface area contributed by atoms with Gasteiger partial charge in [-0.1, -0.05) is 12.1 Å².